The van der Waals surface area contributed by atoms with Gasteiger partial charge in [-0.25, -0.2) is 0 Å². The lowest BCUT2D eigenvalue weighted by Gasteiger charge is -2.23. The highest BCUT2D eigenvalue weighted by Gasteiger charge is 2.20. The SMILES string of the molecule is CC(C)(C)c1cc2ccc3c(-c4ccc(-c5ccccc5)cc4)cc(-c4cccc5ccccc45)c4ccc(c1)c2c34. The first-order chi connectivity index (χ1) is 20.5. The summed E-state index contributed by atoms with van der Waals surface area (Å²) in [7, 11) is 0. The zero-order valence-electron chi connectivity index (χ0n) is 24.3. The average Bonchev–Trinajstić information content (AvgIpc) is 3.03. The predicted molar refractivity (Wildman–Crippen MR) is 183 cm³/mol. The smallest absolute Gasteiger partial charge is 0.00143 e. The first kappa shape index (κ1) is 24.8. The summed E-state index contributed by atoms with van der Waals surface area (Å²) in [6, 6.07) is 51.8. The third kappa shape index (κ3) is 3.90. The highest BCUT2D eigenvalue weighted by Crippen LogP contribution is 2.46. The van der Waals surface area contributed by atoms with E-state index in [1.807, 2.05) is 0 Å². The van der Waals surface area contributed by atoms with Crippen LogP contribution in [-0.2, 0) is 5.41 Å². The molecule has 8 aromatic carbocycles. The van der Waals surface area contributed by atoms with Crippen molar-refractivity contribution in [3.63, 3.8) is 0 Å². The van der Waals surface area contributed by atoms with E-state index in [1.165, 1.54) is 82.0 Å². The molecule has 0 unspecified atom stereocenters. The van der Waals surface area contributed by atoms with Crippen molar-refractivity contribution in [2.45, 2.75) is 26.2 Å². The minimum atomic E-state index is 0.0875. The molecule has 200 valence electrons. The Bertz CT molecular complexity index is 2220. The van der Waals surface area contributed by atoms with Crippen LogP contribution in [0.2, 0.25) is 0 Å². The topological polar surface area (TPSA) is 0 Å². The molecular formula is C42H32. The molecule has 0 nitrogen and oxygen atoms in total. The molecule has 42 heavy (non-hydrogen) atoms. The average molecular weight is 537 g/mol. The van der Waals surface area contributed by atoms with Gasteiger partial charge in [0.1, 0.15) is 0 Å². The molecule has 0 heteroatoms. The van der Waals surface area contributed by atoms with E-state index >= 15 is 0 Å². The first-order valence-electron chi connectivity index (χ1n) is 14.9. The molecule has 0 saturated carbocycles. The van der Waals surface area contributed by atoms with Crippen LogP contribution < -0.4 is 0 Å². The molecule has 0 atom stereocenters. The molecule has 0 amide bonds. The van der Waals surface area contributed by atoms with E-state index in [0.29, 0.717) is 0 Å². The molecular weight excluding hydrogens is 504 g/mol. The number of fused-ring (bicyclic) bond motifs is 1. The van der Waals surface area contributed by atoms with Crippen LogP contribution in [0.4, 0.5) is 0 Å². The molecule has 0 heterocycles. The van der Waals surface area contributed by atoms with E-state index in [-0.39, 0.29) is 5.41 Å². The molecule has 0 saturated heterocycles. The van der Waals surface area contributed by atoms with Crippen LogP contribution in [0.5, 0.6) is 0 Å². The van der Waals surface area contributed by atoms with Crippen molar-refractivity contribution >= 4 is 43.1 Å². The summed E-state index contributed by atoms with van der Waals surface area (Å²) in [6.45, 7) is 6.90. The summed E-state index contributed by atoms with van der Waals surface area (Å²) in [4.78, 5) is 0. The van der Waals surface area contributed by atoms with Gasteiger partial charge in [-0.2, -0.15) is 0 Å². The van der Waals surface area contributed by atoms with E-state index < -0.39 is 0 Å². The highest BCUT2D eigenvalue weighted by atomic mass is 14.2. The second-order valence-corrected chi connectivity index (χ2v) is 12.6. The molecule has 0 aromatic heterocycles. The summed E-state index contributed by atoms with van der Waals surface area (Å²) in [5, 5.41) is 10.5. The van der Waals surface area contributed by atoms with Crippen LogP contribution in [0.15, 0.2) is 140 Å². The van der Waals surface area contributed by atoms with Crippen molar-refractivity contribution in [1.29, 1.82) is 0 Å². The lowest BCUT2D eigenvalue weighted by atomic mass is 9.81. The molecule has 0 radical (unpaired) electrons. The van der Waals surface area contributed by atoms with Gasteiger partial charge in [0.15, 0.2) is 0 Å². The molecule has 0 N–H and O–H groups in total. The maximum atomic E-state index is 2.43. The van der Waals surface area contributed by atoms with Crippen LogP contribution in [0.1, 0.15) is 26.3 Å². The van der Waals surface area contributed by atoms with Gasteiger partial charge in [-0.05, 0) is 93.5 Å². The fourth-order valence-electron chi connectivity index (χ4n) is 6.74. The Morgan fingerprint density at radius 2 is 0.952 bits per heavy atom. The van der Waals surface area contributed by atoms with Crippen molar-refractivity contribution in [2.75, 3.05) is 0 Å². The van der Waals surface area contributed by atoms with Gasteiger partial charge >= 0.3 is 0 Å². The Kier molecular flexibility index (Phi) is 5.49. The Morgan fingerprint density at radius 3 is 1.67 bits per heavy atom. The third-order valence-corrected chi connectivity index (χ3v) is 8.97. The lowest BCUT2D eigenvalue weighted by molar-refractivity contribution is 0.591. The molecule has 0 spiro atoms. The Labute approximate surface area is 247 Å². The zero-order valence-corrected chi connectivity index (χ0v) is 24.3. The maximum Gasteiger partial charge on any atom is -0.00143 e. The van der Waals surface area contributed by atoms with Gasteiger partial charge in [0.25, 0.3) is 0 Å². The van der Waals surface area contributed by atoms with Gasteiger partial charge in [0.05, 0.1) is 0 Å². The minimum absolute atomic E-state index is 0.0875. The quantitative estimate of drug-likeness (QED) is 0.197. The van der Waals surface area contributed by atoms with E-state index in [2.05, 4.69) is 160 Å². The van der Waals surface area contributed by atoms with Crippen LogP contribution in [0, 0.1) is 0 Å². The monoisotopic (exact) mass is 536 g/mol. The van der Waals surface area contributed by atoms with E-state index in [4.69, 9.17) is 0 Å². The van der Waals surface area contributed by atoms with Crippen molar-refractivity contribution in [1.82, 2.24) is 0 Å². The summed E-state index contributed by atoms with van der Waals surface area (Å²) in [6.07, 6.45) is 0. The molecule has 8 rings (SSSR count). The normalized spacial score (nSPS) is 12.2. The number of rotatable bonds is 3. The fourth-order valence-corrected chi connectivity index (χ4v) is 6.74. The van der Waals surface area contributed by atoms with Crippen LogP contribution in [0.3, 0.4) is 0 Å². The van der Waals surface area contributed by atoms with Crippen LogP contribution in [0.25, 0.3) is 76.5 Å². The molecule has 0 aliphatic carbocycles. The van der Waals surface area contributed by atoms with Crippen molar-refractivity contribution in [3.8, 4) is 33.4 Å². The number of hydrogen-bond donors (Lipinski definition) is 0. The molecule has 0 aliphatic rings. The Hall–Kier alpha value is -4.94. The summed E-state index contributed by atoms with van der Waals surface area (Å²) in [5.41, 5.74) is 9.03. The highest BCUT2D eigenvalue weighted by molar-refractivity contribution is 6.29. The van der Waals surface area contributed by atoms with Gasteiger partial charge in [0, 0.05) is 0 Å². The second kappa shape index (κ2) is 9.29. The minimum Gasteiger partial charge on any atom is -0.0622 e. The third-order valence-electron chi connectivity index (χ3n) is 8.97. The second-order valence-electron chi connectivity index (χ2n) is 12.6. The van der Waals surface area contributed by atoms with E-state index in [0.717, 1.165) is 0 Å². The van der Waals surface area contributed by atoms with Gasteiger partial charge in [-0.15, -0.1) is 0 Å². The van der Waals surface area contributed by atoms with E-state index in [1.54, 1.807) is 0 Å². The molecule has 8 aromatic rings. The summed E-state index contributed by atoms with van der Waals surface area (Å²) in [5.74, 6) is 0. The van der Waals surface area contributed by atoms with Crippen LogP contribution in [-0.4, -0.2) is 0 Å². The van der Waals surface area contributed by atoms with Gasteiger partial charge < -0.3 is 0 Å². The largest absolute Gasteiger partial charge is 0.0622 e. The van der Waals surface area contributed by atoms with Gasteiger partial charge in [0.2, 0.25) is 0 Å². The number of hydrogen-bond acceptors (Lipinski definition) is 0. The first-order valence-corrected chi connectivity index (χ1v) is 14.9. The Balaban J connectivity index is 1.46. The molecule has 0 fully saturated rings. The predicted octanol–water partition coefficient (Wildman–Crippen LogP) is 12.0. The standard InChI is InChI=1S/C42H32/c1-42(2,3)33-24-31-20-22-36-38(30-18-16-28(17-19-30)27-10-5-4-6-11-27)26-39(37-23-21-32(25-33)40(31)41(36)37)35-15-9-13-29-12-7-8-14-34(29)35/h4-26H,1-3H3. The van der Waals surface area contributed by atoms with Crippen LogP contribution >= 0.6 is 0 Å². The van der Waals surface area contributed by atoms with Crippen molar-refractivity contribution in [3.05, 3.63) is 145 Å². The van der Waals surface area contributed by atoms with Crippen molar-refractivity contribution in [2.24, 2.45) is 0 Å². The Morgan fingerprint density at radius 1 is 0.357 bits per heavy atom. The molecule has 0 aliphatic heterocycles. The zero-order chi connectivity index (χ0) is 28.4. The molecule has 0 bridgehead atoms. The summed E-state index contributed by atoms with van der Waals surface area (Å²) < 4.78 is 0. The van der Waals surface area contributed by atoms with Gasteiger partial charge in [-0.3, -0.25) is 0 Å². The van der Waals surface area contributed by atoms with Gasteiger partial charge in [-0.1, -0.05) is 154 Å². The number of benzene rings is 8. The lowest BCUT2D eigenvalue weighted by Crippen LogP contribution is -2.10. The fraction of sp³-hybridized carbons (Fsp3) is 0.0952. The van der Waals surface area contributed by atoms with E-state index in [9.17, 15) is 0 Å². The van der Waals surface area contributed by atoms with Crippen molar-refractivity contribution < 1.29 is 0 Å². The maximum absolute atomic E-state index is 2.43. The summed E-state index contributed by atoms with van der Waals surface area (Å²) >= 11 is 0.